The molecular formula is C18H16O6. The summed E-state index contributed by atoms with van der Waals surface area (Å²) >= 11 is 0. The molecule has 24 heavy (non-hydrogen) atoms. The fraction of sp³-hybridized carbons (Fsp3) is 0. The molecule has 0 bridgehead atoms. The second-order valence-corrected chi connectivity index (χ2v) is 4.81. The van der Waals surface area contributed by atoms with Gasteiger partial charge in [-0.05, 0) is 22.6 Å². The summed E-state index contributed by atoms with van der Waals surface area (Å²) in [5.41, 5.74) is -0.292. The van der Waals surface area contributed by atoms with Gasteiger partial charge in [0.05, 0.1) is 0 Å². The van der Waals surface area contributed by atoms with E-state index in [0.29, 0.717) is 10.4 Å². The van der Waals surface area contributed by atoms with E-state index in [0.717, 1.165) is 0 Å². The number of carbonyl (C=O) groups is 2. The van der Waals surface area contributed by atoms with Crippen molar-refractivity contribution in [2.24, 2.45) is 0 Å². The summed E-state index contributed by atoms with van der Waals surface area (Å²) in [4.78, 5) is 21.0. The zero-order chi connectivity index (χ0) is 18.6. The Morgan fingerprint density at radius 1 is 0.667 bits per heavy atom. The topological polar surface area (TPSA) is 115 Å². The van der Waals surface area contributed by atoms with Crippen molar-refractivity contribution in [1.82, 2.24) is 0 Å². The maximum absolute atomic E-state index is 10.5. The molecule has 0 fully saturated rings. The van der Waals surface area contributed by atoms with E-state index in [1.165, 1.54) is 24.3 Å². The lowest BCUT2D eigenvalue weighted by molar-refractivity contribution is 0.0682. The van der Waals surface area contributed by atoms with Gasteiger partial charge in [0.2, 0.25) is 0 Å². The quantitative estimate of drug-likeness (QED) is 0.608. The first-order valence-corrected chi connectivity index (χ1v) is 6.54. The van der Waals surface area contributed by atoms with Gasteiger partial charge in [-0.2, -0.15) is 0 Å². The summed E-state index contributed by atoms with van der Waals surface area (Å²) in [6.07, 6.45) is 0. The summed E-state index contributed by atoms with van der Waals surface area (Å²) in [7, 11) is 0. The van der Waals surface area contributed by atoms with E-state index in [1.807, 2.05) is 0 Å². The SMILES string of the molecule is C=c1ccc(C(=O)O)c(O)c1=C.C=c1ccc(C(=O)O)c(O)c1=C. The average Bonchev–Trinajstić information content (AvgIpc) is 2.50. The predicted molar refractivity (Wildman–Crippen MR) is 90.7 cm³/mol. The van der Waals surface area contributed by atoms with Crippen LogP contribution in [-0.4, -0.2) is 32.4 Å². The average molecular weight is 328 g/mol. The van der Waals surface area contributed by atoms with Gasteiger partial charge in [-0.1, -0.05) is 38.4 Å². The molecule has 0 radical (unpaired) electrons. The van der Waals surface area contributed by atoms with Crippen molar-refractivity contribution in [2.75, 3.05) is 0 Å². The van der Waals surface area contributed by atoms with Crippen LogP contribution in [0.2, 0.25) is 0 Å². The Balaban J connectivity index is 0.000000240. The van der Waals surface area contributed by atoms with Gasteiger partial charge in [-0.15, -0.1) is 0 Å². The number of hydrogen-bond acceptors (Lipinski definition) is 4. The third kappa shape index (κ3) is 3.80. The van der Waals surface area contributed by atoms with Gasteiger partial charge >= 0.3 is 11.9 Å². The summed E-state index contributed by atoms with van der Waals surface area (Å²) < 4.78 is 0. The summed E-state index contributed by atoms with van der Waals surface area (Å²) in [5.74, 6) is -2.96. The van der Waals surface area contributed by atoms with Crippen LogP contribution < -0.4 is 20.9 Å². The lowest BCUT2D eigenvalue weighted by Crippen LogP contribution is -2.23. The van der Waals surface area contributed by atoms with Crippen LogP contribution in [0.4, 0.5) is 0 Å². The highest BCUT2D eigenvalue weighted by Gasteiger charge is 2.09. The minimum Gasteiger partial charge on any atom is -0.506 e. The van der Waals surface area contributed by atoms with E-state index >= 15 is 0 Å². The molecule has 2 aromatic carbocycles. The van der Waals surface area contributed by atoms with Crippen LogP contribution in [0.1, 0.15) is 20.7 Å². The molecule has 4 N–H and O–H groups in total. The Kier molecular flexibility index (Phi) is 5.51. The zero-order valence-corrected chi connectivity index (χ0v) is 12.7. The Labute approximate surface area is 136 Å². The molecule has 0 saturated heterocycles. The van der Waals surface area contributed by atoms with Crippen LogP contribution in [-0.2, 0) is 0 Å². The third-order valence-electron chi connectivity index (χ3n) is 3.22. The van der Waals surface area contributed by atoms with Gasteiger partial charge in [0.15, 0.2) is 0 Å². The Morgan fingerprint density at radius 2 is 0.958 bits per heavy atom. The molecule has 2 aromatic rings. The molecule has 0 amide bonds. The lowest BCUT2D eigenvalue weighted by Gasteiger charge is -1.98. The predicted octanol–water partition coefficient (Wildman–Crippen LogP) is -0.178. The van der Waals surface area contributed by atoms with Gasteiger partial charge in [0.25, 0.3) is 0 Å². The molecule has 6 heteroatoms. The minimum atomic E-state index is -1.17. The number of hydrogen-bond donors (Lipinski definition) is 4. The first-order chi connectivity index (χ1) is 11.1. The van der Waals surface area contributed by atoms with Gasteiger partial charge in [-0.3, -0.25) is 0 Å². The number of rotatable bonds is 2. The first kappa shape index (κ1) is 18.5. The third-order valence-corrected chi connectivity index (χ3v) is 3.22. The maximum Gasteiger partial charge on any atom is 0.339 e. The Morgan fingerprint density at radius 3 is 1.21 bits per heavy atom. The lowest BCUT2D eigenvalue weighted by atomic mass is 10.1. The molecule has 0 aromatic heterocycles. The van der Waals surface area contributed by atoms with Crippen LogP contribution in [0.25, 0.3) is 26.3 Å². The number of carboxylic acid groups (broad SMARTS) is 2. The molecule has 6 nitrogen and oxygen atoms in total. The molecular weight excluding hydrogens is 312 g/mol. The fourth-order valence-corrected chi connectivity index (χ4v) is 1.70. The van der Waals surface area contributed by atoms with Crippen LogP contribution in [0.15, 0.2) is 24.3 Å². The number of aromatic carboxylic acids is 2. The smallest absolute Gasteiger partial charge is 0.339 e. The molecule has 0 aliphatic rings. The van der Waals surface area contributed by atoms with Crippen molar-refractivity contribution < 1.29 is 30.0 Å². The zero-order valence-electron chi connectivity index (χ0n) is 12.7. The summed E-state index contributed by atoms with van der Waals surface area (Å²) in [6, 6.07) is 5.61. The van der Waals surface area contributed by atoms with Crippen LogP contribution in [0.5, 0.6) is 11.5 Å². The van der Waals surface area contributed by atoms with E-state index in [2.05, 4.69) is 26.3 Å². The van der Waals surface area contributed by atoms with Crippen molar-refractivity contribution in [3.05, 3.63) is 56.3 Å². The van der Waals surface area contributed by atoms with Gasteiger partial charge < -0.3 is 20.4 Å². The summed E-state index contributed by atoms with van der Waals surface area (Å²) in [5, 5.41) is 37.2. The van der Waals surface area contributed by atoms with Crippen LogP contribution >= 0.6 is 0 Å². The van der Waals surface area contributed by atoms with Crippen molar-refractivity contribution in [1.29, 1.82) is 0 Å². The normalized spacial score (nSPS) is 9.67. The molecule has 0 heterocycles. The van der Waals surface area contributed by atoms with Crippen molar-refractivity contribution in [3.63, 3.8) is 0 Å². The van der Waals surface area contributed by atoms with Crippen molar-refractivity contribution in [2.45, 2.75) is 0 Å². The monoisotopic (exact) mass is 328 g/mol. The first-order valence-electron chi connectivity index (χ1n) is 6.54. The second-order valence-electron chi connectivity index (χ2n) is 4.81. The number of phenols is 2. The molecule has 0 aliphatic carbocycles. The highest BCUT2D eigenvalue weighted by molar-refractivity contribution is 5.91. The highest BCUT2D eigenvalue weighted by Crippen LogP contribution is 2.08. The molecule has 0 atom stereocenters. The standard InChI is InChI=1S/2C9H8O3/c2*1-5-3-4-7(9(11)12)8(10)6(5)2/h2*3-4,10H,1-2H2,(H,11,12). The van der Waals surface area contributed by atoms with E-state index in [4.69, 9.17) is 10.2 Å². The van der Waals surface area contributed by atoms with Crippen molar-refractivity contribution in [3.8, 4) is 11.5 Å². The Bertz CT molecular complexity index is 924. The number of carboxylic acids is 2. The van der Waals surface area contributed by atoms with Crippen molar-refractivity contribution >= 4 is 38.3 Å². The number of benzene rings is 2. The van der Waals surface area contributed by atoms with E-state index in [9.17, 15) is 19.8 Å². The minimum absolute atomic E-state index is 0.146. The van der Waals surface area contributed by atoms with Crippen LogP contribution in [0.3, 0.4) is 0 Å². The number of aromatic hydroxyl groups is 2. The Hall–Kier alpha value is -3.54. The highest BCUT2D eigenvalue weighted by atomic mass is 16.4. The molecule has 2 rings (SSSR count). The van der Waals surface area contributed by atoms with E-state index in [1.54, 1.807) is 0 Å². The molecule has 0 unspecified atom stereocenters. The van der Waals surface area contributed by atoms with Gasteiger partial charge in [0.1, 0.15) is 22.6 Å². The van der Waals surface area contributed by atoms with Gasteiger partial charge in [0, 0.05) is 10.4 Å². The second kappa shape index (κ2) is 7.15. The molecule has 0 spiro atoms. The molecule has 0 saturated carbocycles. The fourth-order valence-electron chi connectivity index (χ4n) is 1.70. The molecule has 0 aliphatic heterocycles. The largest absolute Gasteiger partial charge is 0.506 e. The van der Waals surface area contributed by atoms with Gasteiger partial charge in [-0.25, -0.2) is 9.59 Å². The van der Waals surface area contributed by atoms with E-state index < -0.39 is 11.9 Å². The molecule has 124 valence electrons. The van der Waals surface area contributed by atoms with E-state index in [-0.39, 0.29) is 33.1 Å². The van der Waals surface area contributed by atoms with Crippen LogP contribution in [0, 0.1) is 0 Å². The maximum atomic E-state index is 10.5. The summed E-state index contributed by atoms with van der Waals surface area (Å²) in [6.45, 7) is 14.1.